The summed E-state index contributed by atoms with van der Waals surface area (Å²) in [5.41, 5.74) is 1.65. The second-order valence-corrected chi connectivity index (χ2v) is 7.63. The highest BCUT2D eigenvalue weighted by molar-refractivity contribution is 6.04. The van der Waals surface area contributed by atoms with E-state index in [0.717, 1.165) is 16.3 Å². The average Bonchev–Trinajstić information content (AvgIpc) is 3.11. The van der Waals surface area contributed by atoms with Crippen LogP contribution in [-0.4, -0.2) is 34.7 Å². The van der Waals surface area contributed by atoms with Crippen molar-refractivity contribution in [1.82, 2.24) is 4.90 Å². The van der Waals surface area contributed by atoms with Gasteiger partial charge in [-0.1, -0.05) is 48.5 Å². The van der Waals surface area contributed by atoms with Gasteiger partial charge in [-0.05, 0) is 36.1 Å². The van der Waals surface area contributed by atoms with Crippen LogP contribution in [0.3, 0.4) is 0 Å². The summed E-state index contributed by atoms with van der Waals surface area (Å²) in [6.07, 6.45) is -0.523. The lowest BCUT2D eigenvalue weighted by Crippen LogP contribution is -2.30. The highest BCUT2D eigenvalue weighted by atomic mass is 16.5. The average molecular weight is 430 g/mol. The number of rotatable bonds is 6. The molecule has 0 spiro atoms. The Morgan fingerprint density at radius 2 is 1.59 bits per heavy atom. The minimum Gasteiger partial charge on any atom is -0.449 e. The smallest absolute Gasteiger partial charge is 0.338 e. The van der Waals surface area contributed by atoms with Gasteiger partial charge in [0.25, 0.3) is 5.91 Å². The van der Waals surface area contributed by atoms with E-state index >= 15 is 0 Å². The zero-order chi connectivity index (χ0) is 22.7. The lowest BCUT2D eigenvalue weighted by Gasteiger charge is -2.16. The molecule has 0 bridgehead atoms. The Morgan fingerprint density at radius 3 is 2.31 bits per heavy atom. The molecule has 162 valence electrons. The summed E-state index contributed by atoms with van der Waals surface area (Å²) in [5, 5.41) is 4.70. The molecule has 1 atom stereocenters. The number of carbonyl (C=O) groups is 4. The number of ether oxygens (including phenoxy) is 1. The van der Waals surface area contributed by atoms with Gasteiger partial charge in [0.15, 0.2) is 6.10 Å². The van der Waals surface area contributed by atoms with Gasteiger partial charge in [-0.2, -0.15) is 0 Å². The number of esters is 1. The highest BCUT2D eigenvalue weighted by Gasteiger charge is 2.28. The van der Waals surface area contributed by atoms with Gasteiger partial charge in [-0.3, -0.25) is 19.3 Å². The van der Waals surface area contributed by atoms with E-state index in [1.807, 2.05) is 36.4 Å². The second-order valence-electron chi connectivity index (χ2n) is 7.63. The van der Waals surface area contributed by atoms with E-state index in [9.17, 15) is 19.2 Å². The topological polar surface area (TPSA) is 92.8 Å². The van der Waals surface area contributed by atoms with Gasteiger partial charge in [0.2, 0.25) is 11.8 Å². The minimum atomic E-state index is -0.999. The van der Waals surface area contributed by atoms with Gasteiger partial charge < -0.3 is 10.1 Å². The monoisotopic (exact) mass is 430 g/mol. The predicted octanol–water partition coefficient (Wildman–Crippen LogP) is 3.67. The number of likely N-dealkylation sites (tertiary alicyclic amines) is 1. The van der Waals surface area contributed by atoms with E-state index in [0.29, 0.717) is 5.69 Å². The lowest BCUT2D eigenvalue weighted by atomic mass is 10.1. The number of imide groups is 1. The number of carbonyl (C=O) groups excluding carboxylic acids is 4. The quantitative estimate of drug-likeness (QED) is 0.476. The zero-order valence-electron chi connectivity index (χ0n) is 17.5. The molecule has 1 aliphatic rings. The van der Waals surface area contributed by atoms with Crippen LogP contribution in [0, 0.1) is 0 Å². The summed E-state index contributed by atoms with van der Waals surface area (Å²) in [6, 6.07) is 19.7. The molecule has 3 aromatic carbocycles. The number of nitrogens with zero attached hydrogens (tertiary/aromatic N) is 1. The first-order valence-electron chi connectivity index (χ1n) is 10.3. The second kappa shape index (κ2) is 9.01. The molecule has 7 nitrogen and oxygen atoms in total. The minimum absolute atomic E-state index is 0.177. The summed E-state index contributed by atoms with van der Waals surface area (Å²) in [7, 11) is 0. The molecule has 0 saturated carbocycles. The molecule has 1 aliphatic heterocycles. The van der Waals surface area contributed by atoms with Crippen LogP contribution in [0.4, 0.5) is 5.69 Å². The molecule has 3 amide bonds. The first kappa shape index (κ1) is 21.2. The Kier molecular flexibility index (Phi) is 5.98. The zero-order valence-corrected chi connectivity index (χ0v) is 17.5. The maximum atomic E-state index is 12.6. The Bertz CT molecular complexity index is 1180. The van der Waals surface area contributed by atoms with Gasteiger partial charge >= 0.3 is 5.97 Å². The van der Waals surface area contributed by atoms with Crippen LogP contribution < -0.4 is 5.32 Å². The summed E-state index contributed by atoms with van der Waals surface area (Å²) in [5.74, 6) is -1.45. The third-order valence-corrected chi connectivity index (χ3v) is 5.39. The van der Waals surface area contributed by atoms with Gasteiger partial charge in [-0.15, -0.1) is 0 Å². The Hall–Kier alpha value is -4.00. The van der Waals surface area contributed by atoms with Crippen LogP contribution in [-0.2, 0) is 25.7 Å². The third kappa shape index (κ3) is 4.51. The Labute approximate surface area is 185 Å². The molecule has 3 aromatic rings. The SMILES string of the molecule is CC(OC(=O)c1ccc(CN2C(=O)CCC2=O)cc1)C(=O)Nc1cccc2ccccc12. The fourth-order valence-electron chi connectivity index (χ4n) is 3.58. The number of anilines is 1. The first-order chi connectivity index (χ1) is 15.4. The van der Waals surface area contributed by atoms with Crippen molar-refractivity contribution in [2.45, 2.75) is 32.4 Å². The third-order valence-electron chi connectivity index (χ3n) is 5.39. The van der Waals surface area contributed by atoms with Crippen molar-refractivity contribution in [3.63, 3.8) is 0 Å². The number of hydrogen-bond donors (Lipinski definition) is 1. The highest BCUT2D eigenvalue weighted by Crippen LogP contribution is 2.23. The molecule has 0 radical (unpaired) electrons. The van der Waals surface area contributed by atoms with Crippen molar-refractivity contribution >= 4 is 40.2 Å². The predicted molar refractivity (Wildman–Crippen MR) is 119 cm³/mol. The van der Waals surface area contributed by atoms with E-state index in [4.69, 9.17) is 4.74 Å². The normalized spacial score (nSPS) is 14.5. The van der Waals surface area contributed by atoms with Gasteiger partial charge in [0, 0.05) is 23.9 Å². The van der Waals surface area contributed by atoms with Gasteiger partial charge in [0.05, 0.1) is 12.1 Å². The van der Waals surface area contributed by atoms with Crippen molar-refractivity contribution in [3.8, 4) is 0 Å². The number of amides is 3. The summed E-state index contributed by atoms with van der Waals surface area (Å²) in [4.78, 5) is 49.7. The maximum absolute atomic E-state index is 12.6. The molecule has 32 heavy (non-hydrogen) atoms. The van der Waals surface area contributed by atoms with Gasteiger partial charge in [0.1, 0.15) is 0 Å². The molecule has 1 fully saturated rings. The molecule has 1 unspecified atom stereocenters. The van der Waals surface area contributed by atoms with Crippen molar-refractivity contribution < 1.29 is 23.9 Å². The van der Waals surface area contributed by atoms with Crippen LogP contribution in [0.1, 0.15) is 35.7 Å². The van der Waals surface area contributed by atoms with Crippen LogP contribution in [0.15, 0.2) is 66.7 Å². The Balaban J connectivity index is 1.37. The van der Waals surface area contributed by atoms with Gasteiger partial charge in [-0.25, -0.2) is 4.79 Å². The van der Waals surface area contributed by atoms with Crippen molar-refractivity contribution in [1.29, 1.82) is 0 Å². The van der Waals surface area contributed by atoms with E-state index in [1.165, 1.54) is 11.8 Å². The van der Waals surface area contributed by atoms with E-state index in [-0.39, 0.29) is 36.8 Å². The van der Waals surface area contributed by atoms with E-state index in [1.54, 1.807) is 30.3 Å². The first-order valence-corrected chi connectivity index (χ1v) is 10.3. The fourth-order valence-corrected chi connectivity index (χ4v) is 3.58. The number of fused-ring (bicyclic) bond motifs is 1. The largest absolute Gasteiger partial charge is 0.449 e. The van der Waals surface area contributed by atoms with Crippen LogP contribution in [0.2, 0.25) is 0 Å². The molecule has 7 heteroatoms. The molecular formula is C25H22N2O5. The molecule has 0 aliphatic carbocycles. The molecule has 0 aromatic heterocycles. The molecule has 4 rings (SSSR count). The molecule has 1 saturated heterocycles. The lowest BCUT2D eigenvalue weighted by molar-refractivity contribution is -0.139. The summed E-state index contributed by atoms with van der Waals surface area (Å²) < 4.78 is 5.32. The van der Waals surface area contributed by atoms with Crippen molar-refractivity contribution in [2.75, 3.05) is 5.32 Å². The molecular weight excluding hydrogens is 408 g/mol. The Morgan fingerprint density at radius 1 is 0.938 bits per heavy atom. The summed E-state index contributed by atoms with van der Waals surface area (Å²) >= 11 is 0. The fraction of sp³-hybridized carbons (Fsp3) is 0.200. The molecule has 1 heterocycles. The van der Waals surface area contributed by atoms with Crippen LogP contribution in [0.5, 0.6) is 0 Å². The number of hydrogen-bond acceptors (Lipinski definition) is 5. The maximum Gasteiger partial charge on any atom is 0.338 e. The van der Waals surface area contributed by atoms with E-state index in [2.05, 4.69) is 5.32 Å². The number of nitrogens with one attached hydrogen (secondary N) is 1. The van der Waals surface area contributed by atoms with E-state index < -0.39 is 18.0 Å². The summed E-state index contributed by atoms with van der Waals surface area (Å²) in [6.45, 7) is 1.69. The standard InChI is InChI=1S/C25H22N2O5/c1-16(24(30)26-21-8-4-6-18-5-2-3-7-20(18)21)32-25(31)19-11-9-17(10-12-19)15-27-22(28)13-14-23(27)29/h2-12,16H,13-15H2,1H3,(H,26,30). The van der Waals surface area contributed by atoms with Crippen LogP contribution >= 0.6 is 0 Å². The van der Waals surface area contributed by atoms with Crippen molar-refractivity contribution in [2.24, 2.45) is 0 Å². The number of benzene rings is 3. The van der Waals surface area contributed by atoms with Crippen molar-refractivity contribution in [3.05, 3.63) is 77.9 Å². The van der Waals surface area contributed by atoms with Crippen LogP contribution in [0.25, 0.3) is 10.8 Å². The molecule has 1 N–H and O–H groups in total.